The van der Waals surface area contributed by atoms with Gasteiger partial charge in [0.15, 0.2) is 0 Å². The molecule has 1 aromatic carbocycles. The normalized spacial score (nSPS) is 23.1. The first-order valence-electron chi connectivity index (χ1n) is 7.65. The topological polar surface area (TPSA) is 39.1 Å². The molecule has 3 unspecified atom stereocenters. The van der Waals surface area contributed by atoms with E-state index < -0.39 is 0 Å². The number of benzene rings is 1. The van der Waals surface area contributed by atoms with Crippen molar-refractivity contribution in [2.24, 2.45) is 0 Å². The van der Waals surface area contributed by atoms with E-state index in [2.05, 4.69) is 40.1 Å². The van der Waals surface area contributed by atoms with Crippen LogP contribution in [0.25, 0.3) is 0 Å². The first-order chi connectivity index (χ1) is 10.3. The molecule has 1 heterocycles. The third kappa shape index (κ3) is 3.10. The molecule has 21 heavy (non-hydrogen) atoms. The summed E-state index contributed by atoms with van der Waals surface area (Å²) in [7, 11) is 1.70. The van der Waals surface area contributed by atoms with Gasteiger partial charge in [-0.1, -0.05) is 12.1 Å². The molecule has 3 rings (SSSR count). The van der Waals surface area contributed by atoms with Crippen molar-refractivity contribution in [2.75, 3.05) is 7.11 Å². The molecule has 0 spiro atoms. The van der Waals surface area contributed by atoms with Crippen LogP contribution in [0.2, 0.25) is 0 Å². The molecule has 2 aromatic rings. The number of nitrogens with one attached hydrogen (secondary N) is 1. The van der Waals surface area contributed by atoms with Gasteiger partial charge in [0, 0.05) is 30.5 Å². The Morgan fingerprint density at radius 3 is 2.76 bits per heavy atom. The van der Waals surface area contributed by atoms with Crippen LogP contribution >= 0.6 is 0 Å². The van der Waals surface area contributed by atoms with Crippen molar-refractivity contribution in [3.63, 3.8) is 0 Å². The summed E-state index contributed by atoms with van der Waals surface area (Å²) in [6.45, 7) is 2.23. The van der Waals surface area contributed by atoms with Crippen LogP contribution in [0, 0.1) is 0 Å². The number of hydrogen-bond donors (Lipinski definition) is 1. The van der Waals surface area contributed by atoms with Gasteiger partial charge in [-0.25, -0.2) is 4.98 Å². The highest BCUT2D eigenvalue weighted by Crippen LogP contribution is 2.31. The van der Waals surface area contributed by atoms with Crippen LogP contribution in [0.5, 0.6) is 5.75 Å². The highest BCUT2D eigenvalue weighted by atomic mass is 16.5. The first-order valence-corrected chi connectivity index (χ1v) is 7.65. The SMILES string of the molecule is COc1ccc(C(C)NC2CCCC2n2ccnc2)cc1. The number of rotatable bonds is 5. The number of methoxy groups -OCH3 is 1. The molecule has 1 aliphatic carbocycles. The van der Waals surface area contributed by atoms with Gasteiger partial charge in [0.2, 0.25) is 0 Å². The van der Waals surface area contributed by atoms with Crippen LogP contribution in [0.15, 0.2) is 43.0 Å². The molecule has 1 aromatic heterocycles. The molecule has 112 valence electrons. The highest BCUT2D eigenvalue weighted by molar-refractivity contribution is 5.28. The van der Waals surface area contributed by atoms with Gasteiger partial charge < -0.3 is 14.6 Å². The summed E-state index contributed by atoms with van der Waals surface area (Å²) in [6.07, 6.45) is 9.59. The monoisotopic (exact) mass is 285 g/mol. The summed E-state index contributed by atoms with van der Waals surface area (Å²) in [5, 5.41) is 3.78. The quantitative estimate of drug-likeness (QED) is 0.916. The maximum atomic E-state index is 5.22. The maximum Gasteiger partial charge on any atom is 0.118 e. The lowest BCUT2D eigenvalue weighted by molar-refractivity contribution is 0.362. The molecule has 4 heteroatoms. The zero-order valence-corrected chi connectivity index (χ0v) is 12.7. The van der Waals surface area contributed by atoms with Gasteiger partial charge in [-0.2, -0.15) is 0 Å². The van der Waals surface area contributed by atoms with Gasteiger partial charge in [0.05, 0.1) is 13.4 Å². The molecule has 1 N–H and O–H groups in total. The number of hydrogen-bond acceptors (Lipinski definition) is 3. The predicted octanol–water partition coefficient (Wildman–Crippen LogP) is 3.34. The predicted molar refractivity (Wildman–Crippen MR) is 83.4 cm³/mol. The lowest BCUT2D eigenvalue weighted by Crippen LogP contribution is -2.35. The van der Waals surface area contributed by atoms with E-state index in [1.165, 1.54) is 24.8 Å². The van der Waals surface area contributed by atoms with Crippen LogP contribution in [-0.2, 0) is 0 Å². The Bertz CT molecular complexity index is 550. The molecule has 0 amide bonds. The molecule has 0 radical (unpaired) electrons. The number of ether oxygens (including phenoxy) is 1. The summed E-state index contributed by atoms with van der Waals surface area (Å²) in [6, 6.07) is 9.69. The van der Waals surface area contributed by atoms with Gasteiger partial charge >= 0.3 is 0 Å². The molecule has 1 fully saturated rings. The Hall–Kier alpha value is -1.81. The van der Waals surface area contributed by atoms with Gasteiger partial charge in [-0.05, 0) is 43.9 Å². The fraction of sp³-hybridized carbons (Fsp3) is 0.471. The van der Waals surface area contributed by atoms with Crippen LogP contribution in [0.3, 0.4) is 0 Å². The number of nitrogens with zero attached hydrogens (tertiary/aromatic N) is 2. The van der Waals surface area contributed by atoms with E-state index in [1.54, 1.807) is 7.11 Å². The van der Waals surface area contributed by atoms with E-state index in [1.807, 2.05) is 24.7 Å². The van der Waals surface area contributed by atoms with Gasteiger partial charge in [0.25, 0.3) is 0 Å². The fourth-order valence-corrected chi connectivity index (χ4v) is 3.27. The van der Waals surface area contributed by atoms with Crippen LogP contribution in [-0.4, -0.2) is 22.7 Å². The average molecular weight is 285 g/mol. The van der Waals surface area contributed by atoms with Crippen LogP contribution in [0.1, 0.15) is 43.8 Å². The lowest BCUT2D eigenvalue weighted by Gasteiger charge is -2.26. The third-order valence-electron chi connectivity index (χ3n) is 4.47. The van der Waals surface area contributed by atoms with Gasteiger partial charge in [0.1, 0.15) is 5.75 Å². The summed E-state index contributed by atoms with van der Waals surface area (Å²) in [5.41, 5.74) is 1.30. The summed E-state index contributed by atoms with van der Waals surface area (Å²) in [5.74, 6) is 0.906. The van der Waals surface area contributed by atoms with Crippen molar-refractivity contribution < 1.29 is 4.74 Å². The smallest absolute Gasteiger partial charge is 0.118 e. The Labute approximate surface area is 126 Å². The molecule has 3 atom stereocenters. The zero-order valence-electron chi connectivity index (χ0n) is 12.7. The highest BCUT2D eigenvalue weighted by Gasteiger charge is 2.29. The summed E-state index contributed by atoms with van der Waals surface area (Å²) < 4.78 is 7.46. The largest absolute Gasteiger partial charge is 0.497 e. The minimum absolute atomic E-state index is 0.338. The van der Waals surface area contributed by atoms with E-state index in [9.17, 15) is 0 Å². The van der Waals surface area contributed by atoms with E-state index in [-0.39, 0.29) is 0 Å². The Balaban J connectivity index is 1.67. The molecule has 4 nitrogen and oxygen atoms in total. The average Bonchev–Trinajstić information content (AvgIpc) is 3.18. The Morgan fingerprint density at radius 1 is 1.29 bits per heavy atom. The minimum atomic E-state index is 0.338. The second kappa shape index (κ2) is 6.31. The van der Waals surface area contributed by atoms with Crippen molar-refractivity contribution >= 4 is 0 Å². The number of imidazole rings is 1. The summed E-state index contributed by atoms with van der Waals surface area (Å²) >= 11 is 0. The lowest BCUT2D eigenvalue weighted by atomic mass is 10.1. The first kappa shape index (κ1) is 14.1. The van der Waals surface area contributed by atoms with E-state index in [0.717, 1.165) is 5.75 Å². The van der Waals surface area contributed by atoms with E-state index in [4.69, 9.17) is 4.74 Å². The fourth-order valence-electron chi connectivity index (χ4n) is 3.27. The van der Waals surface area contributed by atoms with Crippen molar-refractivity contribution in [1.82, 2.24) is 14.9 Å². The molecule has 0 aliphatic heterocycles. The maximum absolute atomic E-state index is 5.22. The second-order valence-corrected chi connectivity index (χ2v) is 5.78. The Kier molecular flexibility index (Phi) is 4.25. The van der Waals surface area contributed by atoms with Gasteiger partial charge in [-0.3, -0.25) is 0 Å². The number of aromatic nitrogens is 2. The van der Waals surface area contributed by atoms with Crippen LogP contribution < -0.4 is 10.1 Å². The van der Waals surface area contributed by atoms with Crippen molar-refractivity contribution in [1.29, 1.82) is 0 Å². The van der Waals surface area contributed by atoms with Crippen LogP contribution in [0.4, 0.5) is 0 Å². The molecule has 0 bridgehead atoms. The molecular weight excluding hydrogens is 262 g/mol. The van der Waals surface area contributed by atoms with E-state index in [0.29, 0.717) is 18.1 Å². The molecule has 1 aliphatic rings. The second-order valence-electron chi connectivity index (χ2n) is 5.78. The van der Waals surface area contributed by atoms with E-state index >= 15 is 0 Å². The third-order valence-corrected chi connectivity index (χ3v) is 4.47. The van der Waals surface area contributed by atoms with Crippen molar-refractivity contribution in [3.05, 3.63) is 48.5 Å². The minimum Gasteiger partial charge on any atom is -0.497 e. The van der Waals surface area contributed by atoms with Crippen molar-refractivity contribution in [3.8, 4) is 5.75 Å². The van der Waals surface area contributed by atoms with Crippen molar-refractivity contribution in [2.45, 2.75) is 44.3 Å². The molecule has 1 saturated carbocycles. The van der Waals surface area contributed by atoms with Gasteiger partial charge in [-0.15, -0.1) is 0 Å². The summed E-state index contributed by atoms with van der Waals surface area (Å²) in [4.78, 5) is 4.18. The zero-order chi connectivity index (χ0) is 14.7. The standard InChI is InChI=1S/C17H23N3O/c1-13(14-6-8-15(21-2)9-7-14)19-16-4-3-5-17(16)20-11-10-18-12-20/h6-13,16-17,19H,3-5H2,1-2H3. The molecular formula is C17H23N3O. The molecule has 0 saturated heterocycles. The Morgan fingerprint density at radius 2 is 2.10 bits per heavy atom.